The summed E-state index contributed by atoms with van der Waals surface area (Å²) in [7, 11) is 0. The first kappa shape index (κ1) is 18.8. The maximum absolute atomic E-state index is 12.1. The van der Waals surface area contributed by atoms with Gasteiger partial charge in [0.1, 0.15) is 18.0 Å². The van der Waals surface area contributed by atoms with E-state index in [1.165, 1.54) is 0 Å². The Kier molecular flexibility index (Phi) is 6.02. The minimum absolute atomic E-state index is 0.111. The summed E-state index contributed by atoms with van der Waals surface area (Å²) in [5.74, 6) is 0.704. The van der Waals surface area contributed by atoms with Gasteiger partial charge in [-0.05, 0) is 39.8 Å². The number of nitriles is 1. The van der Waals surface area contributed by atoms with Gasteiger partial charge in [-0.25, -0.2) is 4.98 Å². The molecule has 1 saturated heterocycles. The molecular formula is C17H26N6O2. The minimum Gasteiger partial charge on any atom is -0.569 e. The second-order valence-electron chi connectivity index (χ2n) is 7.00. The zero-order valence-corrected chi connectivity index (χ0v) is 15.3. The van der Waals surface area contributed by atoms with E-state index in [9.17, 15) is 10.5 Å². The summed E-state index contributed by atoms with van der Waals surface area (Å²) in [6.07, 6.45) is 3.02. The zero-order valence-electron chi connectivity index (χ0n) is 15.3. The first-order valence-corrected chi connectivity index (χ1v) is 8.58. The highest BCUT2D eigenvalue weighted by atomic mass is 16.7. The summed E-state index contributed by atoms with van der Waals surface area (Å²) >= 11 is 0. The van der Waals surface area contributed by atoms with Crippen molar-refractivity contribution in [2.45, 2.75) is 52.2 Å². The monoisotopic (exact) mass is 346 g/mol. The zero-order chi connectivity index (χ0) is 18.4. The first-order valence-electron chi connectivity index (χ1n) is 8.58. The lowest BCUT2D eigenvalue weighted by molar-refractivity contribution is -0.725. The van der Waals surface area contributed by atoms with Crippen molar-refractivity contribution in [2.75, 3.05) is 24.5 Å². The predicted molar refractivity (Wildman–Crippen MR) is 93.5 cm³/mol. The smallest absolute Gasteiger partial charge is 0.233 e. The van der Waals surface area contributed by atoms with Crippen LogP contribution in [-0.4, -0.2) is 46.2 Å². The fourth-order valence-electron chi connectivity index (χ4n) is 2.91. The number of hydrogen-bond donors (Lipinski definition) is 0. The summed E-state index contributed by atoms with van der Waals surface area (Å²) < 4.78 is 0. The third-order valence-electron chi connectivity index (χ3n) is 4.20. The van der Waals surface area contributed by atoms with Gasteiger partial charge in [-0.15, -0.1) is 5.01 Å². The topological polar surface area (TPSA) is 90.8 Å². The second-order valence-corrected chi connectivity index (χ2v) is 7.00. The number of aromatic nitrogens is 1. The van der Waals surface area contributed by atoms with E-state index < -0.39 is 0 Å². The summed E-state index contributed by atoms with van der Waals surface area (Å²) in [4.78, 5) is 12.4. The Bertz CT molecular complexity index is 641. The van der Waals surface area contributed by atoms with Crippen LogP contribution in [-0.2, 0) is 4.84 Å². The molecule has 1 aromatic rings. The van der Waals surface area contributed by atoms with Gasteiger partial charge >= 0.3 is 0 Å². The van der Waals surface area contributed by atoms with E-state index in [0.29, 0.717) is 36.0 Å². The van der Waals surface area contributed by atoms with Gasteiger partial charge in [0.05, 0.1) is 22.6 Å². The van der Waals surface area contributed by atoms with E-state index in [0.717, 1.165) is 12.8 Å². The molecule has 0 spiro atoms. The van der Waals surface area contributed by atoms with E-state index in [-0.39, 0.29) is 11.6 Å². The fourth-order valence-corrected chi connectivity index (χ4v) is 2.91. The van der Waals surface area contributed by atoms with E-state index in [2.05, 4.69) is 21.2 Å². The molecule has 0 atom stereocenters. The van der Waals surface area contributed by atoms with Crippen molar-refractivity contribution in [1.82, 2.24) is 9.99 Å². The molecule has 1 fully saturated rings. The summed E-state index contributed by atoms with van der Waals surface area (Å²) in [6.45, 7) is 9.74. The number of rotatable bonds is 5. The average molecular weight is 346 g/mol. The third kappa shape index (κ3) is 4.72. The average Bonchev–Trinajstić information content (AvgIpc) is 2.59. The molecule has 2 rings (SSSR count). The van der Waals surface area contributed by atoms with Crippen molar-refractivity contribution in [3.63, 3.8) is 0 Å². The maximum Gasteiger partial charge on any atom is 0.233 e. The number of anilines is 1. The van der Waals surface area contributed by atoms with Crippen molar-refractivity contribution >= 4 is 5.82 Å². The van der Waals surface area contributed by atoms with Crippen LogP contribution in [0.3, 0.4) is 0 Å². The van der Waals surface area contributed by atoms with Crippen LogP contribution in [0.15, 0.2) is 23.6 Å². The Morgan fingerprint density at radius 1 is 1.48 bits per heavy atom. The molecular weight excluding hydrogens is 320 g/mol. The quantitative estimate of drug-likeness (QED) is 0.462. The number of pyridine rings is 1. The third-order valence-corrected chi connectivity index (χ3v) is 4.20. The molecule has 1 aromatic heterocycles. The van der Waals surface area contributed by atoms with Crippen LogP contribution >= 0.6 is 0 Å². The molecule has 8 nitrogen and oxygen atoms in total. The molecule has 136 valence electrons. The Balaban J connectivity index is 1.92. The van der Waals surface area contributed by atoms with Crippen LogP contribution in [0.2, 0.25) is 0 Å². The van der Waals surface area contributed by atoms with E-state index in [4.69, 9.17) is 4.84 Å². The second kappa shape index (κ2) is 8.01. The molecule has 25 heavy (non-hydrogen) atoms. The van der Waals surface area contributed by atoms with Crippen LogP contribution in [0.1, 0.15) is 46.1 Å². The molecule has 1 aliphatic rings. The number of hydrogen-bond acceptors (Lipinski definition) is 6. The molecule has 0 N–H and O–H groups in total. The molecule has 0 amide bonds. The van der Waals surface area contributed by atoms with Crippen LogP contribution in [0.25, 0.3) is 0 Å². The highest BCUT2D eigenvalue weighted by molar-refractivity contribution is 5.53. The van der Waals surface area contributed by atoms with E-state index in [1.807, 2.05) is 27.7 Å². The fraction of sp³-hybridized carbons (Fsp3) is 0.647. The van der Waals surface area contributed by atoms with Crippen LogP contribution in [0.5, 0.6) is 0 Å². The lowest BCUT2D eigenvalue weighted by atomic mass is 10.1. The summed E-state index contributed by atoms with van der Waals surface area (Å²) in [6, 6.07) is 5.69. The largest absolute Gasteiger partial charge is 0.569 e. The number of nitrogens with zero attached hydrogens (tertiary/aromatic N) is 6. The van der Waals surface area contributed by atoms with Gasteiger partial charge in [-0.2, -0.15) is 5.26 Å². The van der Waals surface area contributed by atoms with Crippen molar-refractivity contribution in [3.05, 3.63) is 29.1 Å². The molecule has 0 bridgehead atoms. The Morgan fingerprint density at radius 2 is 2.16 bits per heavy atom. The summed E-state index contributed by atoms with van der Waals surface area (Å²) in [5.41, 5.74) is 0.250. The molecule has 0 unspecified atom stereocenters. The SMILES string of the molecule is CCN(/[N+]([O-])=N/OC1CCN(c2ncccc2C#N)CC1)C(C)(C)C. The van der Waals surface area contributed by atoms with Crippen LogP contribution in [0.4, 0.5) is 5.82 Å². The Morgan fingerprint density at radius 3 is 2.72 bits per heavy atom. The lowest BCUT2D eigenvalue weighted by Gasteiger charge is -2.32. The molecule has 1 aliphatic heterocycles. The lowest BCUT2D eigenvalue weighted by Crippen LogP contribution is -2.45. The molecule has 0 aliphatic carbocycles. The Hall–Kier alpha value is -2.56. The summed E-state index contributed by atoms with van der Waals surface area (Å²) in [5, 5.41) is 26.6. The van der Waals surface area contributed by atoms with Gasteiger partial charge in [-0.3, -0.25) is 0 Å². The van der Waals surface area contributed by atoms with Gasteiger partial charge < -0.3 is 14.9 Å². The van der Waals surface area contributed by atoms with Gasteiger partial charge in [0, 0.05) is 32.1 Å². The van der Waals surface area contributed by atoms with Crippen molar-refractivity contribution < 1.29 is 9.81 Å². The van der Waals surface area contributed by atoms with Crippen LogP contribution < -0.4 is 4.90 Å². The van der Waals surface area contributed by atoms with E-state index in [1.54, 1.807) is 23.3 Å². The standard InChI is InChI=1S/C17H26N6O2/c1-5-22(17(2,3)4)23(24)20-25-15-8-11-21(12-9-15)16-14(13-18)7-6-10-19-16/h6-7,10,15H,5,8-9,11-12H2,1-4H3/b23-20-. The minimum atomic E-state index is -0.320. The van der Waals surface area contributed by atoms with Crippen LogP contribution in [0, 0.1) is 16.5 Å². The normalized spacial score (nSPS) is 16.4. The van der Waals surface area contributed by atoms with Gasteiger partial charge in [-0.1, -0.05) is 0 Å². The maximum atomic E-state index is 12.1. The molecule has 0 radical (unpaired) electrons. The van der Waals surface area contributed by atoms with Crippen molar-refractivity contribution in [3.8, 4) is 6.07 Å². The molecule has 2 heterocycles. The van der Waals surface area contributed by atoms with Crippen molar-refractivity contribution in [2.24, 2.45) is 5.28 Å². The highest BCUT2D eigenvalue weighted by Gasteiger charge is 2.28. The predicted octanol–water partition coefficient (Wildman–Crippen LogP) is 2.85. The van der Waals surface area contributed by atoms with Gasteiger partial charge in [0.15, 0.2) is 0 Å². The number of piperidine rings is 1. The van der Waals surface area contributed by atoms with Gasteiger partial charge in [0.2, 0.25) is 5.28 Å². The first-order chi connectivity index (χ1) is 11.9. The van der Waals surface area contributed by atoms with Gasteiger partial charge in [0.25, 0.3) is 0 Å². The molecule has 8 heteroatoms. The molecule has 0 saturated carbocycles. The van der Waals surface area contributed by atoms with E-state index >= 15 is 0 Å². The Labute approximate surface area is 148 Å². The molecule has 0 aromatic carbocycles. The highest BCUT2D eigenvalue weighted by Crippen LogP contribution is 2.22. The van der Waals surface area contributed by atoms with Crippen molar-refractivity contribution in [1.29, 1.82) is 5.26 Å². The number of hydrazine groups is 1.